The van der Waals surface area contributed by atoms with E-state index >= 15 is 0 Å². The number of hydrogen-bond donors (Lipinski definition) is 0. The number of piperidine rings is 1. The van der Waals surface area contributed by atoms with Crippen LogP contribution < -0.4 is 0 Å². The Morgan fingerprint density at radius 1 is 1.10 bits per heavy atom. The molecule has 1 fully saturated rings. The van der Waals surface area contributed by atoms with E-state index in [0.717, 1.165) is 10.6 Å². The Kier molecular flexibility index (Phi) is 4.14. The van der Waals surface area contributed by atoms with Crippen LogP contribution in [0.25, 0.3) is 0 Å². The molecule has 0 aromatic heterocycles. The molecule has 1 aliphatic rings. The summed E-state index contributed by atoms with van der Waals surface area (Å²) in [6, 6.07) is 0.655. The van der Waals surface area contributed by atoms with E-state index in [1.54, 1.807) is 0 Å². The molecule has 0 radical (unpaired) electrons. The standard InChI is InChI=1S/C12H12F3NO3S/c13-9-5-10(14)12(11(15)6-9)20(18,19)16-3-1-8(7-17)2-4-16/h5-8H,1-4H2. The van der Waals surface area contributed by atoms with Crippen molar-refractivity contribution in [3.05, 3.63) is 29.6 Å². The summed E-state index contributed by atoms with van der Waals surface area (Å²) in [5.74, 6) is -4.34. The Balaban J connectivity index is 2.35. The zero-order chi connectivity index (χ0) is 14.9. The molecular weight excluding hydrogens is 295 g/mol. The molecule has 0 unspecified atom stereocenters. The molecule has 0 bridgehead atoms. The second kappa shape index (κ2) is 5.53. The average molecular weight is 307 g/mol. The van der Waals surface area contributed by atoms with Crippen LogP contribution in [0.2, 0.25) is 0 Å². The van der Waals surface area contributed by atoms with Crippen molar-refractivity contribution < 1.29 is 26.4 Å². The van der Waals surface area contributed by atoms with Crippen molar-refractivity contribution in [2.24, 2.45) is 5.92 Å². The van der Waals surface area contributed by atoms with Crippen molar-refractivity contribution in [3.8, 4) is 0 Å². The summed E-state index contributed by atoms with van der Waals surface area (Å²) in [5.41, 5.74) is 0. The SMILES string of the molecule is O=CC1CCN(S(=O)(=O)c2c(F)cc(F)cc2F)CC1. The smallest absolute Gasteiger partial charge is 0.248 e. The molecule has 1 aromatic rings. The Bertz CT molecular complexity index is 602. The number of aldehydes is 1. The highest BCUT2D eigenvalue weighted by molar-refractivity contribution is 7.89. The molecule has 0 saturated carbocycles. The lowest BCUT2D eigenvalue weighted by Gasteiger charge is -2.28. The van der Waals surface area contributed by atoms with Gasteiger partial charge < -0.3 is 4.79 Å². The minimum Gasteiger partial charge on any atom is -0.303 e. The number of carbonyl (C=O) groups excluding carboxylic acids is 1. The molecule has 1 saturated heterocycles. The Morgan fingerprint density at radius 2 is 1.60 bits per heavy atom. The van der Waals surface area contributed by atoms with Crippen molar-refractivity contribution >= 4 is 16.3 Å². The predicted octanol–water partition coefficient (Wildman–Crippen LogP) is 1.70. The van der Waals surface area contributed by atoms with Crippen LogP contribution in [-0.2, 0) is 14.8 Å². The van der Waals surface area contributed by atoms with Crippen LogP contribution in [-0.4, -0.2) is 32.1 Å². The van der Waals surface area contributed by atoms with Crippen LogP contribution in [0.5, 0.6) is 0 Å². The van der Waals surface area contributed by atoms with Crippen molar-refractivity contribution in [2.75, 3.05) is 13.1 Å². The van der Waals surface area contributed by atoms with Crippen molar-refractivity contribution in [3.63, 3.8) is 0 Å². The van der Waals surface area contributed by atoms with Gasteiger partial charge in [0.25, 0.3) is 0 Å². The van der Waals surface area contributed by atoms with Crippen molar-refractivity contribution in [2.45, 2.75) is 17.7 Å². The zero-order valence-corrected chi connectivity index (χ0v) is 11.2. The normalized spacial score (nSPS) is 18.1. The van der Waals surface area contributed by atoms with Gasteiger partial charge in [-0.25, -0.2) is 21.6 Å². The zero-order valence-electron chi connectivity index (χ0n) is 10.4. The van der Waals surface area contributed by atoms with Crippen LogP contribution in [0.15, 0.2) is 17.0 Å². The average Bonchev–Trinajstić information content (AvgIpc) is 2.37. The number of halogens is 3. The maximum absolute atomic E-state index is 13.6. The highest BCUT2D eigenvalue weighted by Gasteiger charge is 2.34. The lowest BCUT2D eigenvalue weighted by Crippen LogP contribution is -2.39. The molecule has 2 rings (SSSR count). The number of hydrogen-bond acceptors (Lipinski definition) is 3. The fraction of sp³-hybridized carbons (Fsp3) is 0.417. The van der Waals surface area contributed by atoms with Gasteiger partial charge in [-0.1, -0.05) is 0 Å². The highest BCUT2D eigenvalue weighted by atomic mass is 32.2. The monoisotopic (exact) mass is 307 g/mol. The van der Waals surface area contributed by atoms with E-state index in [2.05, 4.69) is 0 Å². The number of rotatable bonds is 3. The summed E-state index contributed by atoms with van der Waals surface area (Å²) in [6.07, 6.45) is 1.34. The van der Waals surface area contributed by atoms with Gasteiger partial charge >= 0.3 is 0 Å². The first kappa shape index (κ1) is 15.0. The first-order valence-corrected chi connectivity index (χ1v) is 7.40. The first-order chi connectivity index (χ1) is 9.36. The first-order valence-electron chi connectivity index (χ1n) is 5.96. The molecule has 4 nitrogen and oxygen atoms in total. The van der Waals surface area contributed by atoms with Gasteiger partial charge in [0.05, 0.1) is 0 Å². The largest absolute Gasteiger partial charge is 0.303 e. The third-order valence-corrected chi connectivity index (χ3v) is 5.20. The number of benzene rings is 1. The minimum atomic E-state index is -4.37. The molecule has 0 atom stereocenters. The highest BCUT2D eigenvalue weighted by Crippen LogP contribution is 2.27. The lowest BCUT2D eigenvalue weighted by molar-refractivity contribution is -0.112. The summed E-state index contributed by atoms with van der Waals surface area (Å²) in [5, 5.41) is 0. The molecule has 20 heavy (non-hydrogen) atoms. The van der Waals surface area contributed by atoms with Gasteiger partial charge in [0.1, 0.15) is 23.7 Å². The second-order valence-corrected chi connectivity index (χ2v) is 6.45. The fourth-order valence-corrected chi connectivity index (χ4v) is 3.72. The van der Waals surface area contributed by atoms with E-state index in [0.29, 0.717) is 25.0 Å². The van der Waals surface area contributed by atoms with E-state index in [9.17, 15) is 26.4 Å². The summed E-state index contributed by atoms with van der Waals surface area (Å²) < 4.78 is 65.2. The van der Waals surface area contributed by atoms with Crippen LogP contribution in [0.4, 0.5) is 13.2 Å². The molecule has 0 spiro atoms. The molecule has 1 aromatic carbocycles. The summed E-state index contributed by atoms with van der Waals surface area (Å²) >= 11 is 0. The van der Waals surface area contributed by atoms with Gasteiger partial charge in [-0.05, 0) is 12.8 Å². The van der Waals surface area contributed by atoms with Gasteiger partial charge in [0, 0.05) is 31.1 Å². The molecule has 0 N–H and O–H groups in total. The minimum absolute atomic E-state index is 0.00198. The van der Waals surface area contributed by atoms with Crippen LogP contribution in [0.3, 0.4) is 0 Å². The van der Waals surface area contributed by atoms with Gasteiger partial charge in [-0.15, -0.1) is 0 Å². The molecule has 0 aliphatic carbocycles. The summed E-state index contributed by atoms with van der Waals surface area (Å²) in [4.78, 5) is 9.45. The molecule has 8 heteroatoms. The number of sulfonamides is 1. The van der Waals surface area contributed by atoms with Gasteiger partial charge in [0.2, 0.25) is 10.0 Å². The maximum atomic E-state index is 13.6. The van der Waals surface area contributed by atoms with E-state index in [1.165, 1.54) is 0 Å². The van der Waals surface area contributed by atoms with Gasteiger partial charge in [-0.2, -0.15) is 4.31 Å². The molecule has 1 heterocycles. The topological polar surface area (TPSA) is 54.5 Å². The van der Waals surface area contributed by atoms with E-state index in [4.69, 9.17) is 0 Å². The van der Waals surface area contributed by atoms with Gasteiger partial charge in [-0.3, -0.25) is 0 Å². The Labute approximate surface area is 114 Å². The Morgan fingerprint density at radius 3 is 2.05 bits per heavy atom. The molecule has 1 aliphatic heterocycles. The van der Waals surface area contributed by atoms with Crippen molar-refractivity contribution in [1.82, 2.24) is 4.31 Å². The van der Waals surface area contributed by atoms with Crippen molar-refractivity contribution in [1.29, 1.82) is 0 Å². The van der Waals surface area contributed by atoms with E-state index in [-0.39, 0.29) is 19.0 Å². The second-order valence-electron chi connectivity index (χ2n) is 4.58. The van der Waals surface area contributed by atoms with E-state index < -0.39 is 32.4 Å². The fourth-order valence-electron chi connectivity index (χ4n) is 2.16. The quantitative estimate of drug-likeness (QED) is 0.799. The lowest BCUT2D eigenvalue weighted by atomic mass is 10.0. The van der Waals surface area contributed by atoms with Crippen LogP contribution in [0.1, 0.15) is 12.8 Å². The number of carbonyl (C=O) groups is 1. The predicted molar refractivity (Wildman–Crippen MR) is 63.9 cm³/mol. The maximum Gasteiger partial charge on any atom is 0.248 e. The number of nitrogens with zero attached hydrogens (tertiary/aromatic N) is 1. The summed E-state index contributed by atoms with van der Waals surface area (Å²) in [7, 11) is -4.37. The molecule has 110 valence electrons. The summed E-state index contributed by atoms with van der Waals surface area (Å²) in [6.45, 7) is 0.00396. The Hall–Kier alpha value is -1.41. The van der Waals surface area contributed by atoms with E-state index in [1.807, 2.05) is 0 Å². The molecule has 0 amide bonds. The molecular formula is C12H12F3NO3S. The third-order valence-electron chi connectivity index (χ3n) is 3.25. The van der Waals surface area contributed by atoms with Crippen LogP contribution >= 0.6 is 0 Å². The van der Waals surface area contributed by atoms with Crippen LogP contribution in [0, 0.1) is 23.4 Å². The van der Waals surface area contributed by atoms with Gasteiger partial charge in [0.15, 0.2) is 4.90 Å². The third kappa shape index (κ3) is 2.71.